The molecule has 1 heterocycles. The van der Waals surface area contributed by atoms with Crippen LogP contribution in [0.5, 0.6) is 5.75 Å². The molecule has 1 aromatic carbocycles. The van der Waals surface area contributed by atoms with Crippen molar-refractivity contribution in [2.45, 2.75) is 19.8 Å². The van der Waals surface area contributed by atoms with Crippen molar-refractivity contribution in [1.82, 2.24) is 5.32 Å². The number of nitriles is 1. The number of rotatable bonds is 7. The third kappa shape index (κ3) is 4.72. The van der Waals surface area contributed by atoms with E-state index in [4.69, 9.17) is 14.7 Å². The van der Waals surface area contributed by atoms with Crippen LogP contribution in [-0.4, -0.2) is 44.6 Å². The highest BCUT2D eigenvalue weighted by Crippen LogP contribution is 2.34. The van der Waals surface area contributed by atoms with Crippen molar-refractivity contribution in [2.75, 3.05) is 31.7 Å². The van der Waals surface area contributed by atoms with Gasteiger partial charge >= 0.3 is 5.97 Å². The van der Waals surface area contributed by atoms with Crippen LogP contribution in [-0.2, 0) is 19.1 Å². The van der Waals surface area contributed by atoms with Gasteiger partial charge in [-0.1, -0.05) is 6.07 Å². The molecule has 138 valence electrons. The van der Waals surface area contributed by atoms with Gasteiger partial charge in [-0.25, -0.2) is 0 Å². The number of benzene rings is 1. The van der Waals surface area contributed by atoms with Crippen LogP contribution in [0.25, 0.3) is 0 Å². The minimum atomic E-state index is -0.639. The van der Waals surface area contributed by atoms with Gasteiger partial charge in [0.25, 0.3) is 5.91 Å². The van der Waals surface area contributed by atoms with Crippen molar-refractivity contribution >= 4 is 23.5 Å². The molecule has 0 unspecified atom stereocenters. The Labute approximate surface area is 151 Å². The first kappa shape index (κ1) is 19.2. The van der Waals surface area contributed by atoms with E-state index < -0.39 is 24.4 Å². The number of esters is 1. The molecule has 1 aliphatic heterocycles. The number of ether oxygens (including phenoxy) is 2. The Morgan fingerprint density at radius 3 is 2.88 bits per heavy atom. The summed E-state index contributed by atoms with van der Waals surface area (Å²) in [6.45, 7) is 1.85. The lowest BCUT2D eigenvalue weighted by atomic mass is 10.1. The van der Waals surface area contributed by atoms with Crippen LogP contribution in [0, 0.1) is 24.2 Å². The lowest BCUT2D eigenvalue weighted by Crippen LogP contribution is -2.31. The Balaban J connectivity index is 1.95. The van der Waals surface area contributed by atoms with Crippen molar-refractivity contribution in [3.8, 4) is 11.8 Å². The number of anilines is 1. The zero-order valence-electron chi connectivity index (χ0n) is 14.8. The molecule has 2 rings (SSSR count). The Morgan fingerprint density at radius 2 is 2.19 bits per heavy atom. The van der Waals surface area contributed by atoms with Gasteiger partial charge in [0, 0.05) is 19.5 Å². The molecule has 26 heavy (non-hydrogen) atoms. The summed E-state index contributed by atoms with van der Waals surface area (Å²) in [6.07, 6.45) is 0.204. The van der Waals surface area contributed by atoms with Crippen molar-refractivity contribution in [2.24, 2.45) is 5.92 Å². The van der Waals surface area contributed by atoms with Crippen molar-refractivity contribution in [3.63, 3.8) is 0 Å². The molecule has 1 N–H and O–H groups in total. The topological polar surface area (TPSA) is 109 Å². The summed E-state index contributed by atoms with van der Waals surface area (Å²) < 4.78 is 10.3. The predicted molar refractivity (Wildman–Crippen MR) is 92.4 cm³/mol. The number of methoxy groups -OCH3 is 1. The standard InChI is InChI=1S/C18H21N3O5/c1-12-4-5-15(25-2)14(8-12)21-10-13(9-17(21)23)18(24)26-11-16(22)20-7-3-6-19/h4-5,8,13H,3,7,9-11H2,1-2H3,(H,20,22)/t13-/m0/s1. The molecule has 8 heteroatoms. The first-order chi connectivity index (χ1) is 12.5. The monoisotopic (exact) mass is 359 g/mol. The van der Waals surface area contributed by atoms with E-state index >= 15 is 0 Å². The summed E-state index contributed by atoms with van der Waals surface area (Å²) in [7, 11) is 1.52. The molecule has 1 aromatic rings. The minimum Gasteiger partial charge on any atom is -0.495 e. The van der Waals surface area contributed by atoms with Crippen molar-refractivity contribution in [1.29, 1.82) is 5.26 Å². The molecule has 1 aliphatic rings. The molecule has 0 spiro atoms. The van der Waals surface area contributed by atoms with Crippen LogP contribution in [0.15, 0.2) is 18.2 Å². The van der Waals surface area contributed by atoms with Gasteiger partial charge in [0.15, 0.2) is 6.61 Å². The van der Waals surface area contributed by atoms with Crippen LogP contribution in [0.4, 0.5) is 5.69 Å². The molecule has 0 bridgehead atoms. The van der Waals surface area contributed by atoms with Crippen LogP contribution < -0.4 is 15.0 Å². The fraction of sp³-hybridized carbons (Fsp3) is 0.444. The number of aryl methyl sites for hydroxylation is 1. The number of hydrogen-bond donors (Lipinski definition) is 1. The zero-order chi connectivity index (χ0) is 19.1. The Kier molecular flexibility index (Phi) is 6.55. The highest BCUT2D eigenvalue weighted by atomic mass is 16.5. The third-order valence-electron chi connectivity index (χ3n) is 3.99. The fourth-order valence-corrected chi connectivity index (χ4v) is 2.67. The maximum absolute atomic E-state index is 12.3. The molecule has 2 amide bonds. The lowest BCUT2D eigenvalue weighted by Gasteiger charge is -2.20. The summed E-state index contributed by atoms with van der Waals surface area (Å²) >= 11 is 0. The van der Waals surface area contributed by atoms with Crippen molar-refractivity contribution < 1.29 is 23.9 Å². The number of carbonyl (C=O) groups is 3. The van der Waals surface area contributed by atoms with E-state index in [1.54, 1.807) is 6.07 Å². The maximum atomic E-state index is 12.3. The molecular weight excluding hydrogens is 338 g/mol. The zero-order valence-corrected chi connectivity index (χ0v) is 14.8. The summed E-state index contributed by atoms with van der Waals surface area (Å²) in [5.74, 6) is -1.36. The summed E-state index contributed by atoms with van der Waals surface area (Å²) in [6, 6.07) is 7.37. The lowest BCUT2D eigenvalue weighted by molar-refractivity contribution is -0.152. The average molecular weight is 359 g/mol. The molecule has 1 fully saturated rings. The molecule has 8 nitrogen and oxygen atoms in total. The Bertz CT molecular complexity index is 741. The van der Waals surface area contributed by atoms with Crippen LogP contribution in [0.3, 0.4) is 0 Å². The number of nitrogens with zero attached hydrogens (tertiary/aromatic N) is 2. The summed E-state index contributed by atoms with van der Waals surface area (Å²) in [5, 5.41) is 10.9. The predicted octanol–water partition coefficient (Wildman–Crippen LogP) is 0.930. The highest BCUT2D eigenvalue weighted by molar-refractivity contribution is 6.00. The largest absolute Gasteiger partial charge is 0.495 e. The number of hydrogen-bond acceptors (Lipinski definition) is 6. The molecule has 0 radical (unpaired) electrons. The van der Waals surface area contributed by atoms with E-state index in [0.717, 1.165) is 5.56 Å². The maximum Gasteiger partial charge on any atom is 0.311 e. The molecule has 0 aliphatic carbocycles. The van der Waals surface area contributed by atoms with Gasteiger partial charge in [-0.15, -0.1) is 0 Å². The first-order valence-electron chi connectivity index (χ1n) is 8.21. The molecular formula is C18H21N3O5. The van der Waals surface area contributed by atoms with Gasteiger partial charge < -0.3 is 19.7 Å². The molecule has 1 saturated heterocycles. The summed E-state index contributed by atoms with van der Waals surface area (Å²) in [4.78, 5) is 37.5. The minimum absolute atomic E-state index is 0.0198. The van der Waals surface area contributed by atoms with E-state index in [9.17, 15) is 14.4 Å². The first-order valence-corrected chi connectivity index (χ1v) is 8.21. The number of nitrogens with one attached hydrogen (secondary N) is 1. The molecule has 0 aromatic heterocycles. The van der Waals surface area contributed by atoms with Gasteiger partial charge in [0.1, 0.15) is 5.75 Å². The second-order valence-corrected chi connectivity index (χ2v) is 5.95. The van der Waals surface area contributed by atoms with Crippen LogP contribution >= 0.6 is 0 Å². The van der Waals surface area contributed by atoms with Crippen molar-refractivity contribution in [3.05, 3.63) is 23.8 Å². The second-order valence-electron chi connectivity index (χ2n) is 5.95. The van der Waals surface area contributed by atoms with E-state index in [0.29, 0.717) is 11.4 Å². The smallest absolute Gasteiger partial charge is 0.311 e. The molecule has 0 saturated carbocycles. The van der Waals surface area contributed by atoms with E-state index in [-0.39, 0.29) is 31.8 Å². The van der Waals surface area contributed by atoms with Crippen LogP contribution in [0.2, 0.25) is 0 Å². The second kappa shape index (κ2) is 8.85. The van der Waals surface area contributed by atoms with Gasteiger partial charge in [0.2, 0.25) is 5.91 Å². The van der Waals surface area contributed by atoms with E-state index in [1.807, 2.05) is 25.1 Å². The van der Waals surface area contributed by atoms with Gasteiger partial charge in [-0.05, 0) is 24.6 Å². The third-order valence-corrected chi connectivity index (χ3v) is 3.99. The van der Waals surface area contributed by atoms with E-state index in [1.165, 1.54) is 12.0 Å². The van der Waals surface area contributed by atoms with Gasteiger partial charge in [-0.3, -0.25) is 14.4 Å². The van der Waals surface area contributed by atoms with Gasteiger partial charge in [0.05, 0.1) is 31.2 Å². The highest BCUT2D eigenvalue weighted by Gasteiger charge is 2.37. The Hall–Kier alpha value is -3.08. The quantitative estimate of drug-likeness (QED) is 0.573. The fourth-order valence-electron chi connectivity index (χ4n) is 2.67. The Morgan fingerprint density at radius 1 is 1.42 bits per heavy atom. The normalized spacial score (nSPS) is 16.1. The summed E-state index contributed by atoms with van der Waals surface area (Å²) in [5.41, 5.74) is 1.58. The van der Waals surface area contributed by atoms with E-state index in [2.05, 4.69) is 5.32 Å². The SMILES string of the molecule is COc1ccc(C)cc1N1C[C@@H](C(=O)OCC(=O)NCCC#N)CC1=O. The molecule has 1 atom stereocenters. The number of carbonyl (C=O) groups excluding carboxylic acids is 3. The number of amides is 2. The van der Waals surface area contributed by atoms with Crippen LogP contribution in [0.1, 0.15) is 18.4 Å². The average Bonchev–Trinajstić information content (AvgIpc) is 3.01. The van der Waals surface area contributed by atoms with Gasteiger partial charge in [-0.2, -0.15) is 5.26 Å².